The number of benzene rings is 2. The SMILES string of the molecule is O=C1Cc2ccc(-c3nc4cc5c(cc4s3)OCO5)cc2N1. The number of anilines is 1. The van der Waals surface area contributed by atoms with E-state index in [4.69, 9.17) is 9.47 Å². The highest BCUT2D eigenvalue weighted by Gasteiger charge is 2.20. The molecule has 6 heteroatoms. The monoisotopic (exact) mass is 310 g/mol. The summed E-state index contributed by atoms with van der Waals surface area (Å²) in [4.78, 5) is 16.1. The van der Waals surface area contributed by atoms with Crippen LogP contribution in [0.4, 0.5) is 5.69 Å². The number of aromatic nitrogens is 1. The van der Waals surface area contributed by atoms with E-state index in [0.717, 1.165) is 43.5 Å². The lowest BCUT2D eigenvalue weighted by Gasteiger charge is -2.01. The Bertz CT molecular complexity index is 907. The number of nitrogens with one attached hydrogen (secondary N) is 1. The summed E-state index contributed by atoms with van der Waals surface area (Å²) >= 11 is 1.60. The Morgan fingerprint density at radius 3 is 2.91 bits per heavy atom. The molecule has 5 nitrogen and oxygen atoms in total. The van der Waals surface area contributed by atoms with Crippen molar-refractivity contribution in [2.45, 2.75) is 6.42 Å². The third-order valence-electron chi connectivity index (χ3n) is 3.86. The van der Waals surface area contributed by atoms with Crippen molar-refractivity contribution in [2.75, 3.05) is 12.1 Å². The summed E-state index contributed by atoms with van der Waals surface area (Å²) in [7, 11) is 0. The number of amides is 1. The van der Waals surface area contributed by atoms with Crippen molar-refractivity contribution >= 4 is 33.1 Å². The Morgan fingerprint density at radius 1 is 1.14 bits per heavy atom. The largest absolute Gasteiger partial charge is 0.454 e. The van der Waals surface area contributed by atoms with Crippen LogP contribution in [0, 0.1) is 0 Å². The molecular weight excluding hydrogens is 300 g/mol. The standard InChI is InChI=1S/C16H10N2O3S/c19-15-4-8-1-2-9(3-10(8)17-15)16-18-11-5-12-13(21-7-20-12)6-14(11)22-16/h1-3,5-6H,4,7H2,(H,17,19). The average Bonchev–Trinajstić information content (AvgIpc) is 3.19. The van der Waals surface area contributed by atoms with Crippen LogP contribution in [0.25, 0.3) is 20.8 Å². The fourth-order valence-electron chi connectivity index (χ4n) is 2.79. The van der Waals surface area contributed by atoms with Crippen LogP contribution in [0.1, 0.15) is 5.56 Å². The molecule has 0 radical (unpaired) electrons. The average molecular weight is 310 g/mol. The maximum atomic E-state index is 11.5. The third kappa shape index (κ3) is 1.70. The first-order valence-corrected chi connectivity index (χ1v) is 7.71. The Balaban J connectivity index is 1.62. The highest BCUT2D eigenvalue weighted by atomic mass is 32.1. The summed E-state index contributed by atoms with van der Waals surface area (Å²) in [5.41, 5.74) is 3.82. The van der Waals surface area contributed by atoms with Crippen LogP contribution >= 0.6 is 11.3 Å². The van der Waals surface area contributed by atoms with Crippen molar-refractivity contribution in [1.29, 1.82) is 0 Å². The van der Waals surface area contributed by atoms with Gasteiger partial charge in [-0.05, 0) is 11.6 Å². The van der Waals surface area contributed by atoms with Crippen LogP contribution in [-0.2, 0) is 11.2 Å². The number of hydrogen-bond acceptors (Lipinski definition) is 5. The highest BCUT2D eigenvalue weighted by molar-refractivity contribution is 7.21. The van der Waals surface area contributed by atoms with Crippen molar-refractivity contribution in [3.8, 4) is 22.1 Å². The minimum Gasteiger partial charge on any atom is -0.454 e. The first kappa shape index (κ1) is 12.0. The molecule has 1 amide bonds. The summed E-state index contributed by atoms with van der Waals surface area (Å²) < 4.78 is 11.9. The van der Waals surface area contributed by atoms with E-state index < -0.39 is 0 Å². The second-order valence-corrected chi connectivity index (χ2v) is 6.32. The summed E-state index contributed by atoms with van der Waals surface area (Å²) in [6.45, 7) is 0.268. The van der Waals surface area contributed by atoms with Gasteiger partial charge in [-0.2, -0.15) is 0 Å². The van der Waals surface area contributed by atoms with Gasteiger partial charge in [0, 0.05) is 23.4 Å². The zero-order valence-corrected chi connectivity index (χ0v) is 12.2. The zero-order chi connectivity index (χ0) is 14.7. The molecule has 2 aliphatic rings. The Morgan fingerprint density at radius 2 is 2.00 bits per heavy atom. The lowest BCUT2D eigenvalue weighted by atomic mass is 10.1. The Hall–Kier alpha value is -2.60. The predicted molar refractivity (Wildman–Crippen MR) is 83.5 cm³/mol. The summed E-state index contributed by atoms with van der Waals surface area (Å²) in [5, 5.41) is 3.79. The van der Waals surface area contributed by atoms with Crippen molar-refractivity contribution < 1.29 is 14.3 Å². The molecule has 0 saturated carbocycles. The topological polar surface area (TPSA) is 60.5 Å². The first-order chi connectivity index (χ1) is 10.8. The number of carbonyl (C=O) groups excluding carboxylic acids is 1. The normalized spacial score (nSPS) is 15.2. The number of hydrogen-bond donors (Lipinski definition) is 1. The van der Waals surface area contributed by atoms with E-state index in [1.807, 2.05) is 30.3 Å². The molecule has 3 heterocycles. The molecule has 3 aromatic rings. The Kier molecular flexibility index (Phi) is 2.29. The fraction of sp³-hybridized carbons (Fsp3) is 0.125. The van der Waals surface area contributed by atoms with Gasteiger partial charge in [0.1, 0.15) is 5.01 Å². The van der Waals surface area contributed by atoms with Crippen LogP contribution in [0.3, 0.4) is 0 Å². The van der Waals surface area contributed by atoms with Crippen molar-refractivity contribution in [1.82, 2.24) is 4.98 Å². The van der Waals surface area contributed by atoms with Crippen molar-refractivity contribution in [3.05, 3.63) is 35.9 Å². The van der Waals surface area contributed by atoms with Crippen molar-refractivity contribution in [2.24, 2.45) is 0 Å². The van der Waals surface area contributed by atoms with Crippen LogP contribution in [0.15, 0.2) is 30.3 Å². The van der Waals surface area contributed by atoms with Crippen LogP contribution in [0.5, 0.6) is 11.5 Å². The first-order valence-electron chi connectivity index (χ1n) is 6.90. The summed E-state index contributed by atoms with van der Waals surface area (Å²) in [5.74, 6) is 1.55. The molecule has 22 heavy (non-hydrogen) atoms. The molecule has 1 aromatic heterocycles. The molecule has 0 aliphatic carbocycles. The zero-order valence-electron chi connectivity index (χ0n) is 11.4. The number of nitrogens with zero attached hydrogens (tertiary/aromatic N) is 1. The minimum absolute atomic E-state index is 0.0437. The van der Waals surface area contributed by atoms with E-state index in [9.17, 15) is 4.79 Å². The summed E-state index contributed by atoms with van der Waals surface area (Å²) in [6, 6.07) is 9.86. The molecule has 0 fully saturated rings. The van der Waals surface area contributed by atoms with E-state index in [-0.39, 0.29) is 12.7 Å². The van der Waals surface area contributed by atoms with E-state index in [1.165, 1.54) is 0 Å². The molecule has 0 saturated heterocycles. The van der Waals surface area contributed by atoms with Gasteiger partial charge < -0.3 is 14.8 Å². The van der Waals surface area contributed by atoms with E-state index in [0.29, 0.717) is 6.42 Å². The minimum atomic E-state index is 0.0437. The van der Waals surface area contributed by atoms with Gasteiger partial charge in [-0.1, -0.05) is 12.1 Å². The van der Waals surface area contributed by atoms with E-state index >= 15 is 0 Å². The van der Waals surface area contributed by atoms with Gasteiger partial charge in [-0.3, -0.25) is 4.79 Å². The number of thiazole rings is 1. The number of rotatable bonds is 1. The van der Waals surface area contributed by atoms with E-state index in [2.05, 4.69) is 10.3 Å². The lowest BCUT2D eigenvalue weighted by Crippen LogP contribution is -2.03. The smallest absolute Gasteiger partial charge is 0.231 e. The third-order valence-corrected chi connectivity index (χ3v) is 4.93. The van der Waals surface area contributed by atoms with Crippen LogP contribution in [0.2, 0.25) is 0 Å². The van der Waals surface area contributed by atoms with Crippen LogP contribution < -0.4 is 14.8 Å². The predicted octanol–water partition coefficient (Wildman–Crippen LogP) is 3.19. The Labute approximate surface area is 129 Å². The number of carbonyl (C=O) groups is 1. The molecule has 2 aliphatic heterocycles. The second kappa shape index (κ2) is 4.20. The quantitative estimate of drug-likeness (QED) is 0.750. The maximum absolute atomic E-state index is 11.5. The van der Waals surface area contributed by atoms with Crippen molar-refractivity contribution in [3.63, 3.8) is 0 Å². The molecule has 108 valence electrons. The molecule has 2 aromatic carbocycles. The highest BCUT2D eigenvalue weighted by Crippen LogP contribution is 2.40. The molecule has 1 N–H and O–H groups in total. The number of ether oxygens (including phenoxy) is 2. The molecule has 0 atom stereocenters. The van der Waals surface area contributed by atoms with Gasteiger partial charge in [-0.15, -0.1) is 11.3 Å². The lowest BCUT2D eigenvalue weighted by molar-refractivity contribution is -0.115. The van der Waals surface area contributed by atoms with Gasteiger partial charge in [0.15, 0.2) is 11.5 Å². The second-order valence-electron chi connectivity index (χ2n) is 5.29. The number of fused-ring (bicyclic) bond motifs is 3. The summed E-state index contributed by atoms with van der Waals surface area (Å²) in [6.07, 6.45) is 0.455. The van der Waals surface area contributed by atoms with Gasteiger partial charge in [0.05, 0.1) is 16.6 Å². The molecular formula is C16H10N2O3S. The molecule has 0 bridgehead atoms. The molecule has 0 unspecified atom stereocenters. The van der Waals surface area contributed by atoms with Gasteiger partial charge >= 0.3 is 0 Å². The van der Waals surface area contributed by atoms with E-state index in [1.54, 1.807) is 11.3 Å². The maximum Gasteiger partial charge on any atom is 0.231 e. The van der Waals surface area contributed by atoms with Crippen LogP contribution in [-0.4, -0.2) is 17.7 Å². The molecule has 5 rings (SSSR count). The molecule has 0 spiro atoms. The van der Waals surface area contributed by atoms with Gasteiger partial charge in [-0.25, -0.2) is 4.98 Å². The fourth-order valence-corrected chi connectivity index (χ4v) is 3.76. The van der Waals surface area contributed by atoms with Gasteiger partial charge in [0.2, 0.25) is 12.7 Å². The van der Waals surface area contributed by atoms with Gasteiger partial charge in [0.25, 0.3) is 0 Å².